The van der Waals surface area contributed by atoms with Crippen molar-refractivity contribution in [1.82, 2.24) is 4.90 Å². The number of ether oxygens (including phenoxy) is 4. The van der Waals surface area contributed by atoms with E-state index in [0.717, 1.165) is 24.0 Å². The second-order valence-electron chi connectivity index (χ2n) is 10.9. The number of fused-ring (bicyclic) bond motifs is 2. The number of aromatic hydroxyl groups is 1. The molecule has 0 fully saturated rings. The van der Waals surface area contributed by atoms with Crippen molar-refractivity contribution >= 4 is 17.8 Å². The summed E-state index contributed by atoms with van der Waals surface area (Å²) in [5.74, 6) is -1.78. The standard InChI is InChI=1S/C30H41NO9/c1-18-8-7-9-19(2)14-15-39-27-23(37-5)16-20-21(26(27)33)17-31(28(20)34)22(11-13-25(32)38-6)29(35)40-24(12-10-18)30(3,4)36/h8,14,16,22,24,33,36H,7,9-13,15,17H2,1-6H3/t22-,24+/m0/s1. The maximum absolute atomic E-state index is 13.6. The summed E-state index contributed by atoms with van der Waals surface area (Å²) in [6, 6.07) is 0.320. The monoisotopic (exact) mass is 559 g/mol. The molecule has 10 nitrogen and oxygen atoms in total. The molecule has 3 rings (SSSR count). The molecule has 2 aliphatic heterocycles. The van der Waals surface area contributed by atoms with E-state index in [1.807, 2.05) is 19.9 Å². The van der Waals surface area contributed by atoms with E-state index in [-0.39, 0.29) is 54.4 Å². The highest BCUT2D eigenvalue weighted by Gasteiger charge is 2.42. The molecule has 3 bridgehead atoms. The Balaban J connectivity index is 2.06. The predicted molar refractivity (Wildman–Crippen MR) is 147 cm³/mol. The van der Waals surface area contributed by atoms with Crippen LogP contribution in [0.25, 0.3) is 0 Å². The van der Waals surface area contributed by atoms with E-state index in [2.05, 4.69) is 6.08 Å². The molecular formula is C30H41NO9. The molecule has 10 heteroatoms. The number of phenolic OH excluding ortho intramolecular Hbond substituents is 1. The normalized spacial score (nSPS) is 20.9. The maximum Gasteiger partial charge on any atom is 0.329 e. The van der Waals surface area contributed by atoms with Gasteiger partial charge in [-0.15, -0.1) is 0 Å². The molecule has 2 aliphatic rings. The molecule has 0 unspecified atom stereocenters. The van der Waals surface area contributed by atoms with Gasteiger partial charge in [0.1, 0.15) is 18.8 Å². The van der Waals surface area contributed by atoms with E-state index < -0.39 is 35.6 Å². The zero-order chi connectivity index (χ0) is 29.6. The molecular weight excluding hydrogens is 518 g/mol. The number of allylic oxidation sites excluding steroid dienone is 3. The molecule has 40 heavy (non-hydrogen) atoms. The second kappa shape index (κ2) is 13.2. The first kappa shape index (κ1) is 31.0. The Morgan fingerprint density at radius 2 is 1.85 bits per heavy atom. The van der Waals surface area contributed by atoms with Crippen LogP contribution >= 0.6 is 0 Å². The fourth-order valence-electron chi connectivity index (χ4n) is 4.86. The van der Waals surface area contributed by atoms with Crippen molar-refractivity contribution in [2.75, 3.05) is 20.8 Å². The van der Waals surface area contributed by atoms with Crippen molar-refractivity contribution in [3.63, 3.8) is 0 Å². The van der Waals surface area contributed by atoms with Crippen LogP contribution in [0.2, 0.25) is 0 Å². The van der Waals surface area contributed by atoms with E-state index in [9.17, 15) is 24.6 Å². The van der Waals surface area contributed by atoms with Gasteiger partial charge in [0.05, 0.1) is 31.9 Å². The summed E-state index contributed by atoms with van der Waals surface area (Å²) in [5.41, 5.74) is 1.31. The van der Waals surface area contributed by atoms with E-state index >= 15 is 0 Å². The van der Waals surface area contributed by atoms with Crippen LogP contribution in [0.4, 0.5) is 0 Å². The zero-order valence-corrected chi connectivity index (χ0v) is 24.2. The Morgan fingerprint density at radius 3 is 2.50 bits per heavy atom. The van der Waals surface area contributed by atoms with Crippen LogP contribution in [0, 0.1) is 0 Å². The van der Waals surface area contributed by atoms with Crippen molar-refractivity contribution in [1.29, 1.82) is 0 Å². The summed E-state index contributed by atoms with van der Waals surface area (Å²) in [6.45, 7) is 7.22. The Morgan fingerprint density at radius 1 is 1.15 bits per heavy atom. The molecule has 1 amide bonds. The average molecular weight is 560 g/mol. The number of cyclic esters (lactones) is 1. The number of phenols is 1. The Kier molecular flexibility index (Phi) is 10.2. The van der Waals surface area contributed by atoms with Crippen LogP contribution in [-0.4, -0.2) is 71.5 Å². The summed E-state index contributed by atoms with van der Waals surface area (Å²) in [6.07, 6.45) is 5.58. The number of rotatable bonds is 5. The molecule has 2 N–H and O–H groups in total. The van der Waals surface area contributed by atoms with Gasteiger partial charge < -0.3 is 34.1 Å². The van der Waals surface area contributed by atoms with E-state index in [1.165, 1.54) is 25.2 Å². The van der Waals surface area contributed by atoms with Crippen LogP contribution in [0.5, 0.6) is 17.2 Å². The molecule has 0 aromatic heterocycles. The summed E-state index contributed by atoms with van der Waals surface area (Å²) < 4.78 is 21.9. The topological polar surface area (TPSA) is 132 Å². The minimum atomic E-state index is -1.35. The number of hydrogen-bond donors (Lipinski definition) is 2. The highest BCUT2D eigenvalue weighted by atomic mass is 16.6. The number of carbonyl (C=O) groups is 3. The van der Waals surface area contributed by atoms with Crippen molar-refractivity contribution in [3.05, 3.63) is 40.5 Å². The number of hydrogen-bond acceptors (Lipinski definition) is 9. The second-order valence-corrected chi connectivity index (χ2v) is 10.9. The minimum Gasteiger partial charge on any atom is -0.504 e. The molecule has 2 atom stereocenters. The quantitative estimate of drug-likeness (QED) is 0.402. The van der Waals surface area contributed by atoms with Gasteiger partial charge in [0.25, 0.3) is 5.91 Å². The fourth-order valence-corrected chi connectivity index (χ4v) is 4.86. The van der Waals surface area contributed by atoms with Crippen LogP contribution < -0.4 is 9.47 Å². The van der Waals surface area contributed by atoms with Crippen molar-refractivity contribution < 1.29 is 43.5 Å². The molecule has 1 aromatic carbocycles. The van der Waals surface area contributed by atoms with E-state index in [0.29, 0.717) is 12.8 Å². The number of methoxy groups -OCH3 is 2. The van der Waals surface area contributed by atoms with Gasteiger partial charge in [0, 0.05) is 12.0 Å². The number of amides is 1. The Bertz CT molecular complexity index is 1180. The highest BCUT2D eigenvalue weighted by Crippen LogP contribution is 2.45. The first-order valence-corrected chi connectivity index (χ1v) is 13.5. The summed E-state index contributed by atoms with van der Waals surface area (Å²) in [7, 11) is 2.65. The molecule has 0 aliphatic carbocycles. The number of nitrogens with zero attached hydrogens (tertiary/aromatic N) is 1. The lowest BCUT2D eigenvalue weighted by Gasteiger charge is -2.33. The third-order valence-electron chi connectivity index (χ3n) is 7.40. The lowest BCUT2D eigenvalue weighted by atomic mass is 9.95. The lowest BCUT2D eigenvalue weighted by molar-refractivity contribution is -0.168. The third kappa shape index (κ3) is 7.35. The van der Waals surface area contributed by atoms with Crippen LogP contribution in [0.15, 0.2) is 29.4 Å². The molecule has 220 valence electrons. The zero-order valence-electron chi connectivity index (χ0n) is 24.2. The van der Waals surface area contributed by atoms with Crippen molar-refractivity contribution in [2.45, 2.75) is 90.5 Å². The van der Waals surface area contributed by atoms with Crippen LogP contribution in [0.3, 0.4) is 0 Å². The van der Waals surface area contributed by atoms with E-state index in [1.54, 1.807) is 13.8 Å². The number of aliphatic hydroxyl groups is 1. The Labute approximate surface area is 235 Å². The average Bonchev–Trinajstić information content (AvgIpc) is 3.22. The molecule has 0 saturated heterocycles. The fraction of sp³-hybridized carbons (Fsp3) is 0.567. The van der Waals surface area contributed by atoms with Gasteiger partial charge in [-0.25, -0.2) is 4.79 Å². The van der Waals surface area contributed by atoms with Gasteiger partial charge in [-0.1, -0.05) is 17.2 Å². The van der Waals surface area contributed by atoms with Crippen LogP contribution in [-0.2, 0) is 25.6 Å². The van der Waals surface area contributed by atoms with E-state index in [4.69, 9.17) is 18.9 Å². The summed E-state index contributed by atoms with van der Waals surface area (Å²) in [4.78, 5) is 40.4. The first-order chi connectivity index (χ1) is 18.9. The summed E-state index contributed by atoms with van der Waals surface area (Å²) >= 11 is 0. The first-order valence-electron chi connectivity index (χ1n) is 13.5. The number of carbonyl (C=O) groups excluding carboxylic acids is 3. The van der Waals surface area contributed by atoms with Gasteiger partial charge in [0.2, 0.25) is 5.75 Å². The van der Waals surface area contributed by atoms with Crippen LogP contribution in [0.1, 0.15) is 82.1 Å². The lowest BCUT2D eigenvalue weighted by Crippen LogP contribution is -2.47. The molecule has 2 heterocycles. The third-order valence-corrected chi connectivity index (χ3v) is 7.40. The molecule has 1 aromatic rings. The molecule has 0 saturated carbocycles. The van der Waals surface area contributed by atoms with Gasteiger partial charge in [-0.05, 0) is 71.9 Å². The van der Waals surface area contributed by atoms with Gasteiger partial charge in [0.15, 0.2) is 11.5 Å². The highest BCUT2D eigenvalue weighted by molar-refractivity contribution is 6.02. The maximum atomic E-state index is 13.6. The SMILES string of the molecule is COC(=O)CC[C@H]1C(=O)O[C@@H](C(C)(C)O)CCC(C)=CCCC(C)=CCOc2c(OC)cc3c(c2O)CN1C3=O. The van der Waals surface area contributed by atoms with Gasteiger partial charge >= 0.3 is 11.9 Å². The van der Waals surface area contributed by atoms with Crippen molar-refractivity contribution in [3.8, 4) is 17.2 Å². The number of esters is 2. The van der Waals surface area contributed by atoms with Crippen molar-refractivity contribution in [2.24, 2.45) is 0 Å². The minimum absolute atomic E-state index is 0.0614. The Hall–Kier alpha value is -3.53. The van der Waals surface area contributed by atoms with Gasteiger partial charge in [-0.3, -0.25) is 9.59 Å². The summed E-state index contributed by atoms with van der Waals surface area (Å²) in [5, 5.41) is 22.0. The van der Waals surface area contributed by atoms with Gasteiger partial charge in [-0.2, -0.15) is 0 Å². The largest absolute Gasteiger partial charge is 0.504 e. The molecule has 0 radical (unpaired) electrons. The molecule has 0 spiro atoms. The number of benzene rings is 1. The smallest absolute Gasteiger partial charge is 0.329 e. The predicted octanol–water partition coefficient (Wildman–Crippen LogP) is 4.21.